The van der Waals surface area contributed by atoms with Crippen LogP contribution in [0.5, 0.6) is 0 Å². The van der Waals surface area contributed by atoms with E-state index in [-0.39, 0.29) is 0 Å². The van der Waals surface area contributed by atoms with Gasteiger partial charge >= 0.3 is 0 Å². The highest BCUT2D eigenvalue weighted by Gasteiger charge is 2.08. The van der Waals surface area contributed by atoms with Crippen LogP contribution in [0.4, 0.5) is 0 Å². The van der Waals surface area contributed by atoms with E-state index in [1.807, 2.05) is 0 Å². The van der Waals surface area contributed by atoms with Crippen molar-refractivity contribution in [3.05, 3.63) is 106 Å². The Bertz CT molecular complexity index is 873. The number of unbranched alkanes of at least 4 members (excludes halogenated alkanes) is 2. The van der Waals surface area contributed by atoms with Crippen LogP contribution in [0, 0.1) is 13.8 Å². The molecule has 0 aliphatic carbocycles. The highest BCUT2D eigenvalue weighted by atomic mass is 14.1. The number of hydrogen-bond acceptors (Lipinski definition) is 0. The van der Waals surface area contributed by atoms with Gasteiger partial charge < -0.3 is 0 Å². The van der Waals surface area contributed by atoms with Crippen molar-refractivity contribution in [2.45, 2.75) is 59.3 Å². The zero-order valence-electron chi connectivity index (χ0n) is 17.1. The van der Waals surface area contributed by atoms with E-state index in [4.69, 9.17) is 0 Å². The standard InChI is InChI=1S/C27H32/c1-4-5-6-15-26-19-23(18-24-13-9-7-11-21(24)2)16-17-27(26)20-25-14-10-8-12-22(25)3/h7-14,16-17,19H,4-6,15,18,20H2,1-3H3. The third kappa shape index (κ3) is 5.32. The van der Waals surface area contributed by atoms with E-state index in [2.05, 4.69) is 87.5 Å². The molecule has 0 nitrogen and oxygen atoms in total. The second-order valence-corrected chi connectivity index (χ2v) is 7.77. The second-order valence-electron chi connectivity index (χ2n) is 7.77. The first-order valence-electron chi connectivity index (χ1n) is 10.4. The molecule has 0 fully saturated rings. The molecule has 0 aliphatic heterocycles. The Morgan fingerprint density at radius 3 is 1.85 bits per heavy atom. The molecule has 0 heteroatoms. The van der Waals surface area contributed by atoms with Crippen molar-refractivity contribution in [1.29, 1.82) is 0 Å². The number of benzene rings is 3. The zero-order valence-corrected chi connectivity index (χ0v) is 17.1. The van der Waals surface area contributed by atoms with E-state index in [9.17, 15) is 0 Å². The van der Waals surface area contributed by atoms with Crippen LogP contribution < -0.4 is 0 Å². The lowest BCUT2D eigenvalue weighted by Gasteiger charge is -2.14. The summed E-state index contributed by atoms with van der Waals surface area (Å²) in [6, 6.07) is 24.7. The van der Waals surface area contributed by atoms with Gasteiger partial charge in [0.2, 0.25) is 0 Å². The summed E-state index contributed by atoms with van der Waals surface area (Å²) in [7, 11) is 0. The minimum Gasteiger partial charge on any atom is -0.0654 e. The van der Waals surface area contributed by atoms with Crippen molar-refractivity contribution < 1.29 is 0 Å². The summed E-state index contributed by atoms with van der Waals surface area (Å²) in [5, 5.41) is 0. The molecule has 0 unspecified atom stereocenters. The summed E-state index contributed by atoms with van der Waals surface area (Å²) in [5.74, 6) is 0. The molecule has 0 aromatic heterocycles. The molecule has 0 aliphatic rings. The predicted molar refractivity (Wildman–Crippen MR) is 118 cm³/mol. The van der Waals surface area contributed by atoms with E-state index in [1.165, 1.54) is 64.6 Å². The van der Waals surface area contributed by atoms with Crippen molar-refractivity contribution in [2.75, 3.05) is 0 Å². The molecule has 3 rings (SSSR count). The van der Waals surface area contributed by atoms with Gasteiger partial charge in [0.25, 0.3) is 0 Å². The Morgan fingerprint density at radius 2 is 1.22 bits per heavy atom. The molecule has 0 N–H and O–H groups in total. The summed E-state index contributed by atoms with van der Waals surface area (Å²) < 4.78 is 0. The number of aryl methyl sites for hydroxylation is 3. The largest absolute Gasteiger partial charge is 0.0654 e. The van der Waals surface area contributed by atoms with Gasteiger partial charge in [0.05, 0.1) is 0 Å². The van der Waals surface area contributed by atoms with E-state index in [0.29, 0.717) is 0 Å². The molecule has 0 spiro atoms. The molecule has 3 aromatic carbocycles. The third-order valence-corrected chi connectivity index (χ3v) is 5.62. The van der Waals surface area contributed by atoms with E-state index in [0.717, 1.165) is 12.8 Å². The van der Waals surface area contributed by atoms with E-state index < -0.39 is 0 Å². The smallest absolute Gasteiger partial charge is 0.00204 e. The summed E-state index contributed by atoms with van der Waals surface area (Å²) in [6.07, 6.45) is 7.13. The molecule has 0 saturated carbocycles. The predicted octanol–water partition coefficient (Wildman–Crippen LogP) is 7.22. The van der Waals surface area contributed by atoms with Crippen LogP contribution in [0.2, 0.25) is 0 Å². The Morgan fingerprint density at radius 1 is 0.593 bits per heavy atom. The highest BCUT2D eigenvalue weighted by molar-refractivity contribution is 5.40. The van der Waals surface area contributed by atoms with Gasteiger partial charge in [-0.3, -0.25) is 0 Å². The van der Waals surface area contributed by atoms with Gasteiger partial charge in [0.1, 0.15) is 0 Å². The maximum atomic E-state index is 2.47. The molecular weight excluding hydrogens is 324 g/mol. The molecule has 140 valence electrons. The third-order valence-electron chi connectivity index (χ3n) is 5.62. The van der Waals surface area contributed by atoms with Gasteiger partial charge in [-0.15, -0.1) is 0 Å². The molecule has 27 heavy (non-hydrogen) atoms. The van der Waals surface area contributed by atoms with Gasteiger partial charge in [0.15, 0.2) is 0 Å². The summed E-state index contributed by atoms with van der Waals surface area (Å²) in [4.78, 5) is 0. The maximum Gasteiger partial charge on any atom is -0.00204 e. The van der Waals surface area contributed by atoms with E-state index >= 15 is 0 Å². The van der Waals surface area contributed by atoms with Crippen molar-refractivity contribution in [1.82, 2.24) is 0 Å². The topological polar surface area (TPSA) is 0 Å². The highest BCUT2D eigenvalue weighted by Crippen LogP contribution is 2.23. The van der Waals surface area contributed by atoms with E-state index in [1.54, 1.807) is 0 Å². The zero-order chi connectivity index (χ0) is 19.1. The first-order valence-corrected chi connectivity index (χ1v) is 10.4. The molecule has 0 radical (unpaired) electrons. The van der Waals surface area contributed by atoms with Crippen LogP contribution in [0.15, 0.2) is 66.7 Å². The summed E-state index contributed by atoms with van der Waals surface area (Å²) in [6.45, 7) is 6.71. The lowest BCUT2D eigenvalue weighted by molar-refractivity contribution is 0.713. The summed E-state index contributed by atoms with van der Waals surface area (Å²) >= 11 is 0. The van der Waals surface area contributed by atoms with Crippen molar-refractivity contribution in [2.24, 2.45) is 0 Å². The molecule has 0 bridgehead atoms. The second kappa shape index (κ2) is 9.55. The van der Waals surface area contributed by atoms with Gasteiger partial charge in [-0.2, -0.15) is 0 Å². The molecule has 3 aromatic rings. The van der Waals surface area contributed by atoms with Crippen LogP contribution >= 0.6 is 0 Å². The quantitative estimate of drug-likeness (QED) is 0.374. The van der Waals surface area contributed by atoms with Crippen molar-refractivity contribution >= 4 is 0 Å². The van der Waals surface area contributed by atoms with Crippen molar-refractivity contribution in [3.63, 3.8) is 0 Å². The average Bonchev–Trinajstić information content (AvgIpc) is 2.67. The minimum atomic E-state index is 1.03. The van der Waals surface area contributed by atoms with Gasteiger partial charge in [-0.1, -0.05) is 86.5 Å². The van der Waals surface area contributed by atoms with Crippen LogP contribution in [-0.4, -0.2) is 0 Å². The number of rotatable bonds is 8. The monoisotopic (exact) mass is 356 g/mol. The van der Waals surface area contributed by atoms with Crippen LogP contribution in [0.3, 0.4) is 0 Å². The Balaban J connectivity index is 1.86. The van der Waals surface area contributed by atoms with Crippen molar-refractivity contribution in [3.8, 4) is 0 Å². The first-order chi connectivity index (χ1) is 13.2. The van der Waals surface area contributed by atoms with Gasteiger partial charge in [0, 0.05) is 0 Å². The molecular formula is C27H32. The Hall–Kier alpha value is -2.34. The van der Waals surface area contributed by atoms with Gasteiger partial charge in [-0.25, -0.2) is 0 Å². The normalized spacial score (nSPS) is 10.9. The fourth-order valence-electron chi connectivity index (χ4n) is 3.80. The SMILES string of the molecule is CCCCCc1cc(Cc2ccccc2C)ccc1Cc1ccccc1C. The average molecular weight is 357 g/mol. The molecule has 0 heterocycles. The molecule has 0 saturated heterocycles. The Kier molecular flexibility index (Phi) is 6.87. The maximum absolute atomic E-state index is 2.47. The van der Waals surface area contributed by atoms with Crippen LogP contribution in [0.1, 0.15) is 65.1 Å². The van der Waals surface area contributed by atoms with Gasteiger partial charge in [-0.05, 0) is 78.5 Å². The van der Waals surface area contributed by atoms with Crippen LogP contribution in [0.25, 0.3) is 0 Å². The fourth-order valence-corrected chi connectivity index (χ4v) is 3.80. The minimum absolute atomic E-state index is 1.03. The summed E-state index contributed by atoms with van der Waals surface area (Å²) in [5.41, 5.74) is 10.1. The van der Waals surface area contributed by atoms with Crippen LogP contribution in [-0.2, 0) is 19.3 Å². The molecule has 0 atom stereocenters. The number of hydrogen-bond donors (Lipinski definition) is 0. The molecule has 0 amide bonds. The lowest BCUT2D eigenvalue weighted by atomic mass is 9.91. The first kappa shape index (κ1) is 19.4. The fraction of sp³-hybridized carbons (Fsp3) is 0.333. The lowest BCUT2D eigenvalue weighted by Crippen LogP contribution is -2.01. The Labute approximate surface area is 165 Å².